The SMILES string of the molecule is CCCCC[PH](c1ccccc1)(c1ccccc1)c1ccc(OCCF)cc1. The van der Waals surface area contributed by atoms with Crippen molar-refractivity contribution >= 4 is 23.2 Å². The zero-order valence-corrected chi connectivity index (χ0v) is 17.6. The fraction of sp³-hybridized carbons (Fsp3) is 0.280. The summed E-state index contributed by atoms with van der Waals surface area (Å²) in [7, 11) is -2.14. The van der Waals surface area contributed by atoms with Crippen molar-refractivity contribution in [3.05, 3.63) is 84.9 Å². The monoisotopic (exact) mass is 396 g/mol. The zero-order chi connectivity index (χ0) is 19.7. The van der Waals surface area contributed by atoms with E-state index in [0.29, 0.717) is 0 Å². The minimum atomic E-state index is -2.14. The first kappa shape index (κ1) is 20.6. The van der Waals surface area contributed by atoms with Crippen LogP contribution in [0.5, 0.6) is 5.75 Å². The van der Waals surface area contributed by atoms with Crippen LogP contribution in [0.25, 0.3) is 0 Å². The molecule has 0 aliphatic carbocycles. The molecule has 3 heteroatoms. The third-order valence-corrected chi connectivity index (χ3v) is 10.4. The van der Waals surface area contributed by atoms with Crippen LogP contribution >= 0.6 is 7.26 Å². The Hall–Kier alpha value is -2.18. The van der Waals surface area contributed by atoms with Crippen molar-refractivity contribution in [1.29, 1.82) is 0 Å². The van der Waals surface area contributed by atoms with Crippen molar-refractivity contribution in [2.24, 2.45) is 0 Å². The maximum atomic E-state index is 12.4. The standard InChI is InChI=1S/C25H30FOP/c1-2-3-10-21-28(23-11-6-4-7-12-23,24-13-8-5-9-14-24)25-17-15-22(16-18-25)27-20-19-26/h4-9,11-18,28H,2-3,10,19-21H2,1H3. The molecule has 3 aromatic carbocycles. The van der Waals surface area contributed by atoms with Crippen LogP contribution in [0.15, 0.2) is 84.9 Å². The first-order chi connectivity index (χ1) is 13.8. The molecule has 3 rings (SSSR count). The first-order valence-corrected chi connectivity index (χ1v) is 12.4. The molecule has 0 unspecified atom stereocenters. The van der Waals surface area contributed by atoms with Crippen molar-refractivity contribution in [2.45, 2.75) is 26.2 Å². The molecule has 148 valence electrons. The second kappa shape index (κ2) is 10.4. The molecule has 0 aromatic heterocycles. The molecule has 0 saturated heterocycles. The van der Waals surface area contributed by atoms with E-state index in [-0.39, 0.29) is 6.61 Å². The van der Waals surface area contributed by atoms with E-state index in [1.54, 1.807) is 0 Å². The van der Waals surface area contributed by atoms with Gasteiger partial charge in [-0.15, -0.1) is 0 Å². The Morgan fingerprint density at radius 1 is 0.714 bits per heavy atom. The van der Waals surface area contributed by atoms with E-state index in [1.165, 1.54) is 41.3 Å². The van der Waals surface area contributed by atoms with Gasteiger partial charge in [0.1, 0.15) is 0 Å². The van der Waals surface area contributed by atoms with Gasteiger partial charge in [0, 0.05) is 0 Å². The van der Waals surface area contributed by atoms with Gasteiger partial charge in [0.2, 0.25) is 0 Å². The molecule has 1 nitrogen and oxygen atoms in total. The van der Waals surface area contributed by atoms with E-state index < -0.39 is 13.9 Å². The molecule has 0 radical (unpaired) electrons. The third kappa shape index (κ3) is 4.62. The van der Waals surface area contributed by atoms with Crippen molar-refractivity contribution in [1.82, 2.24) is 0 Å². The quantitative estimate of drug-likeness (QED) is 0.336. The first-order valence-electron chi connectivity index (χ1n) is 10.2. The van der Waals surface area contributed by atoms with E-state index in [4.69, 9.17) is 4.74 Å². The molecule has 0 spiro atoms. The fourth-order valence-electron chi connectivity index (χ4n) is 4.01. The molecule has 0 N–H and O–H groups in total. The van der Waals surface area contributed by atoms with Gasteiger partial charge in [-0.25, -0.2) is 0 Å². The molecular formula is C25H30FOP. The second-order valence-corrected chi connectivity index (χ2v) is 11.2. The van der Waals surface area contributed by atoms with Crippen LogP contribution in [-0.4, -0.2) is 19.4 Å². The molecule has 0 heterocycles. The number of benzene rings is 3. The summed E-state index contributed by atoms with van der Waals surface area (Å²) in [5.74, 6) is 0.735. The van der Waals surface area contributed by atoms with Crippen LogP contribution in [-0.2, 0) is 0 Å². The Kier molecular flexibility index (Phi) is 7.62. The van der Waals surface area contributed by atoms with Gasteiger partial charge >= 0.3 is 169 Å². The van der Waals surface area contributed by atoms with Crippen LogP contribution in [0.3, 0.4) is 0 Å². The Bertz CT molecular complexity index is 779. The fourth-order valence-corrected chi connectivity index (χ4v) is 8.92. The molecule has 0 aliphatic heterocycles. The van der Waals surface area contributed by atoms with E-state index in [2.05, 4.69) is 79.7 Å². The maximum absolute atomic E-state index is 12.4. The van der Waals surface area contributed by atoms with Gasteiger partial charge in [0.25, 0.3) is 0 Å². The van der Waals surface area contributed by atoms with Gasteiger partial charge in [-0.2, -0.15) is 0 Å². The summed E-state index contributed by atoms with van der Waals surface area (Å²) in [6, 6.07) is 30.3. The number of alkyl halides is 1. The van der Waals surface area contributed by atoms with Crippen molar-refractivity contribution in [3.8, 4) is 5.75 Å². The van der Waals surface area contributed by atoms with Gasteiger partial charge in [-0.05, 0) is 0 Å². The Labute approximate surface area is 168 Å². The normalized spacial score (nSPS) is 11.9. The summed E-state index contributed by atoms with van der Waals surface area (Å²) < 4.78 is 17.9. The van der Waals surface area contributed by atoms with E-state index in [1.807, 2.05) is 12.1 Å². The number of hydrogen-bond acceptors (Lipinski definition) is 1. The summed E-state index contributed by atoms with van der Waals surface area (Å²) in [5.41, 5.74) is 0. The van der Waals surface area contributed by atoms with Gasteiger partial charge in [0.05, 0.1) is 0 Å². The van der Waals surface area contributed by atoms with Crippen LogP contribution in [0, 0.1) is 0 Å². The van der Waals surface area contributed by atoms with Crippen LogP contribution in [0.2, 0.25) is 0 Å². The summed E-state index contributed by atoms with van der Waals surface area (Å²) in [4.78, 5) is 0. The number of unbranched alkanes of at least 4 members (excludes halogenated alkanes) is 2. The number of halogens is 1. The Morgan fingerprint density at radius 2 is 1.25 bits per heavy atom. The van der Waals surface area contributed by atoms with Crippen LogP contribution in [0.4, 0.5) is 4.39 Å². The molecule has 0 atom stereocenters. The molecule has 0 amide bonds. The van der Waals surface area contributed by atoms with E-state index in [9.17, 15) is 4.39 Å². The van der Waals surface area contributed by atoms with E-state index in [0.717, 1.165) is 5.75 Å². The summed E-state index contributed by atoms with van der Waals surface area (Å²) in [6.07, 6.45) is 4.85. The van der Waals surface area contributed by atoms with Gasteiger partial charge in [-0.3, -0.25) is 0 Å². The number of hydrogen-bond donors (Lipinski definition) is 0. The van der Waals surface area contributed by atoms with Gasteiger partial charge < -0.3 is 0 Å². The zero-order valence-electron chi connectivity index (χ0n) is 16.6. The summed E-state index contributed by atoms with van der Waals surface area (Å²) in [6.45, 7) is 1.90. The van der Waals surface area contributed by atoms with E-state index >= 15 is 0 Å². The Morgan fingerprint density at radius 3 is 1.75 bits per heavy atom. The third-order valence-electron chi connectivity index (χ3n) is 5.38. The molecule has 0 saturated carbocycles. The predicted molar refractivity (Wildman–Crippen MR) is 122 cm³/mol. The molecule has 0 aliphatic rings. The number of rotatable bonds is 10. The summed E-state index contributed by atoms with van der Waals surface area (Å²) >= 11 is 0. The van der Waals surface area contributed by atoms with Gasteiger partial charge in [-0.1, -0.05) is 0 Å². The van der Waals surface area contributed by atoms with Crippen molar-refractivity contribution in [2.75, 3.05) is 19.4 Å². The minimum absolute atomic E-state index is 0.107. The van der Waals surface area contributed by atoms with Crippen molar-refractivity contribution in [3.63, 3.8) is 0 Å². The molecule has 0 bridgehead atoms. The molecule has 28 heavy (non-hydrogen) atoms. The average molecular weight is 396 g/mol. The van der Waals surface area contributed by atoms with Crippen molar-refractivity contribution < 1.29 is 9.13 Å². The average Bonchev–Trinajstić information content (AvgIpc) is 2.77. The molecular weight excluding hydrogens is 366 g/mol. The molecule has 0 fully saturated rings. The predicted octanol–water partition coefficient (Wildman–Crippen LogP) is 5.25. The van der Waals surface area contributed by atoms with Crippen LogP contribution in [0.1, 0.15) is 26.2 Å². The van der Waals surface area contributed by atoms with Crippen LogP contribution < -0.4 is 20.7 Å². The number of ether oxygens (including phenoxy) is 1. The topological polar surface area (TPSA) is 9.23 Å². The van der Waals surface area contributed by atoms with Gasteiger partial charge in [0.15, 0.2) is 0 Å². The summed E-state index contributed by atoms with van der Waals surface area (Å²) in [5, 5.41) is 4.26. The second-order valence-electron chi connectivity index (χ2n) is 7.16. The molecule has 3 aromatic rings. The Balaban J connectivity index is 2.11.